The maximum atomic E-state index is 12.7. The largest absolute Gasteiger partial charge is 0.416 e. The number of nitrogens with one attached hydrogen (secondary N) is 1. The number of hydrogen-bond donors (Lipinski definition) is 1. The van der Waals surface area contributed by atoms with E-state index in [4.69, 9.17) is 0 Å². The third-order valence-electron chi connectivity index (χ3n) is 4.55. The fraction of sp³-hybridized carbons (Fsp3) is 0.300. The Morgan fingerprint density at radius 1 is 1.15 bits per heavy atom. The second-order valence-corrected chi connectivity index (χ2v) is 6.51. The van der Waals surface area contributed by atoms with E-state index in [1.165, 1.54) is 31.2 Å². The van der Waals surface area contributed by atoms with Gasteiger partial charge in [0.15, 0.2) is 0 Å². The molecule has 1 aliphatic heterocycles. The van der Waals surface area contributed by atoms with Gasteiger partial charge in [0.25, 0.3) is 5.91 Å². The topological polar surface area (TPSA) is 44.7 Å². The number of hydrogen-bond acceptors (Lipinski definition) is 3. The summed E-state index contributed by atoms with van der Waals surface area (Å²) in [6, 6.07) is 10.2. The number of carbonyl (C=O) groups is 1. The number of anilines is 1. The van der Waals surface area contributed by atoms with Crippen molar-refractivity contribution in [1.29, 1.82) is 0 Å². The van der Waals surface area contributed by atoms with Gasteiger partial charge in [-0.2, -0.15) is 18.3 Å². The number of alkyl halides is 3. The maximum absolute atomic E-state index is 12.7. The van der Waals surface area contributed by atoms with Crippen LogP contribution in [-0.4, -0.2) is 25.2 Å². The molecule has 4 nitrogen and oxygen atoms in total. The molecule has 0 unspecified atom stereocenters. The molecule has 0 saturated carbocycles. The monoisotopic (exact) mass is 375 g/mol. The van der Waals surface area contributed by atoms with Crippen molar-refractivity contribution >= 4 is 17.8 Å². The molecule has 0 spiro atoms. The Hall–Kier alpha value is -2.83. The Balaban J connectivity index is 1.66. The normalized spacial score (nSPS) is 14.7. The zero-order valence-corrected chi connectivity index (χ0v) is 14.9. The van der Waals surface area contributed by atoms with Crippen LogP contribution in [0.1, 0.15) is 39.9 Å². The summed E-state index contributed by atoms with van der Waals surface area (Å²) in [5.41, 5.74) is 4.32. The number of carbonyl (C=O) groups excluding carboxylic acids is 1. The number of hydrazone groups is 1. The first kappa shape index (κ1) is 18.9. The van der Waals surface area contributed by atoms with Crippen LogP contribution in [0.15, 0.2) is 47.6 Å². The van der Waals surface area contributed by atoms with Gasteiger partial charge in [0, 0.05) is 24.3 Å². The first-order valence-electron chi connectivity index (χ1n) is 8.71. The van der Waals surface area contributed by atoms with Crippen molar-refractivity contribution in [3.8, 4) is 0 Å². The average molecular weight is 375 g/mol. The van der Waals surface area contributed by atoms with Gasteiger partial charge >= 0.3 is 6.18 Å². The van der Waals surface area contributed by atoms with Gasteiger partial charge in [0.2, 0.25) is 0 Å². The molecule has 0 aromatic heterocycles. The van der Waals surface area contributed by atoms with Crippen molar-refractivity contribution in [2.24, 2.45) is 5.10 Å². The van der Waals surface area contributed by atoms with Crippen LogP contribution in [0.5, 0.6) is 0 Å². The van der Waals surface area contributed by atoms with Crippen molar-refractivity contribution in [3.63, 3.8) is 0 Å². The standard InChI is InChI=1S/C20H20F3N3O/c1-14-11-18(26-9-2-3-10-26)8-7-16(14)13-24-25-19(27)15-5-4-6-17(12-15)20(21,22)23/h4-8,11-13H,2-3,9-10H2,1H3,(H,25,27)/b24-13+. The van der Waals surface area contributed by atoms with Crippen molar-refractivity contribution < 1.29 is 18.0 Å². The highest BCUT2D eigenvalue weighted by molar-refractivity contribution is 5.95. The summed E-state index contributed by atoms with van der Waals surface area (Å²) < 4.78 is 38.2. The van der Waals surface area contributed by atoms with E-state index in [9.17, 15) is 18.0 Å². The lowest BCUT2D eigenvalue weighted by atomic mass is 10.1. The SMILES string of the molecule is Cc1cc(N2CCCC2)ccc1/C=N/NC(=O)c1cccc(C(F)(F)F)c1. The summed E-state index contributed by atoms with van der Waals surface area (Å²) in [4.78, 5) is 14.4. The molecular weight excluding hydrogens is 355 g/mol. The van der Waals surface area contributed by atoms with Crippen LogP contribution in [-0.2, 0) is 6.18 Å². The zero-order valence-electron chi connectivity index (χ0n) is 14.9. The second kappa shape index (κ2) is 7.82. The zero-order chi connectivity index (χ0) is 19.4. The van der Waals surface area contributed by atoms with Gasteiger partial charge in [-0.25, -0.2) is 5.43 Å². The van der Waals surface area contributed by atoms with Crippen LogP contribution in [0.3, 0.4) is 0 Å². The molecule has 0 aliphatic carbocycles. The maximum Gasteiger partial charge on any atom is 0.416 e. The highest BCUT2D eigenvalue weighted by Crippen LogP contribution is 2.29. The molecule has 1 heterocycles. The molecule has 0 bridgehead atoms. The van der Waals surface area contributed by atoms with E-state index in [-0.39, 0.29) is 5.56 Å². The molecule has 0 radical (unpaired) electrons. The highest BCUT2D eigenvalue weighted by Gasteiger charge is 2.30. The molecular formula is C20H20F3N3O. The van der Waals surface area contributed by atoms with Crippen LogP contribution in [0.25, 0.3) is 0 Å². The molecule has 1 amide bonds. The Morgan fingerprint density at radius 3 is 2.56 bits per heavy atom. The highest BCUT2D eigenvalue weighted by atomic mass is 19.4. The summed E-state index contributed by atoms with van der Waals surface area (Å²) in [7, 11) is 0. The molecule has 2 aromatic carbocycles. The first-order chi connectivity index (χ1) is 12.8. The fourth-order valence-electron chi connectivity index (χ4n) is 3.04. The lowest BCUT2D eigenvalue weighted by Gasteiger charge is -2.18. The molecule has 1 fully saturated rings. The van der Waals surface area contributed by atoms with Gasteiger partial charge in [0.05, 0.1) is 11.8 Å². The third kappa shape index (κ3) is 4.67. The van der Waals surface area contributed by atoms with Crippen LogP contribution in [0, 0.1) is 6.92 Å². The second-order valence-electron chi connectivity index (χ2n) is 6.51. The van der Waals surface area contributed by atoms with Crippen molar-refractivity contribution in [2.45, 2.75) is 25.9 Å². The number of rotatable bonds is 4. The predicted octanol–water partition coefficient (Wildman–Crippen LogP) is 4.38. The predicted molar refractivity (Wildman–Crippen MR) is 99.1 cm³/mol. The smallest absolute Gasteiger partial charge is 0.372 e. The molecule has 27 heavy (non-hydrogen) atoms. The summed E-state index contributed by atoms with van der Waals surface area (Å²) >= 11 is 0. The third-order valence-corrected chi connectivity index (χ3v) is 4.55. The first-order valence-corrected chi connectivity index (χ1v) is 8.71. The van der Waals surface area contributed by atoms with E-state index < -0.39 is 17.6 Å². The Kier molecular flexibility index (Phi) is 5.48. The molecule has 3 rings (SSSR count). The molecule has 7 heteroatoms. The van der Waals surface area contributed by atoms with Gasteiger partial charge in [0.1, 0.15) is 0 Å². The minimum Gasteiger partial charge on any atom is -0.372 e. The van der Waals surface area contributed by atoms with Crippen molar-refractivity contribution in [3.05, 3.63) is 64.7 Å². The molecule has 1 N–H and O–H groups in total. The van der Waals surface area contributed by atoms with E-state index >= 15 is 0 Å². The van der Waals surface area contributed by atoms with Crippen LogP contribution < -0.4 is 10.3 Å². The van der Waals surface area contributed by atoms with E-state index in [2.05, 4.69) is 21.5 Å². The lowest BCUT2D eigenvalue weighted by Crippen LogP contribution is -2.19. The van der Waals surface area contributed by atoms with Crippen LogP contribution in [0.2, 0.25) is 0 Å². The minimum atomic E-state index is -4.49. The van der Waals surface area contributed by atoms with E-state index in [0.29, 0.717) is 0 Å². The Morgan fingerprint density at radius 2 is 1.89 bits per heavy atom. The van der Waals surface area contributed by atoms with E-state index in [1.54, 1.807) is 0 Å². The molecule has 142 valence electrons. The Bertz CT molecular complexity index is 856. The number of halogens is 3. The molecule has 2 aromatic rings. The lowest BCUT2D eigenvalue weighted by molar-refractivity contribution is -0.137. The van der Waals surface area contributed by atoms with Gasteiger partial charge in [-0.05, 0) is 61.2 Å². The molecule has 0 atom stereocenters. The van der Waals surface area contributed by atoms with E-state index in [0.717, 1.165) is 42.0 Å². The Labute approximate surface area is 155 Å². The fourth-order valence-corrected chi connectivity index (χ4v) is 3.04. The molecule has 1 saturated heterocycles. The quantitative estimate of drug-likeness (QED) is 0.637. The van der Waals surface area contributed by atoms with Gasteiger partial charge in [-0.3, -0.25) is 4.79 Å². The summed E-state index contributed by atoms with van der Waals surface area (Å²) in [6.07, 6.45) is -0.601. The van der Waals surface area contributed by atoms with Gasteiger partial charge in [-0.15, -0.1) is 0 Å². The number of nitrogens with zero attached hydrogens (tertiary/aromatic N) is 2. The molecule has 1 aliphatic rings. The van der Waals surface area contributed by atoms with Crippen LogP contribution in [0.4, 0.5) is 18.9 Å². The number of amides is 1. The average Bonchev–Trinajstić information content (AvgIpc) is 3.17. The van der Waals surface area contributed by atoms with Gasteiger partial charge in [-0.1, -0.05) is 12.1 Å². The van der Waals surface area contributed by atoms with E-state index in [1.807, 2.05) is 19.1 Å². The summed E-state index contributed by atoms with van der Waals surface area (Å²) in [6.45, 7) is 4.06. The minimum absolute atomic E-state index is 0.0944. The number of benzene rings is 2. The number of aryl methyl sites for hydroxylation is 1. The van der Waals surface area contributed by atoms with Crippen molar-refractivity contribution in [1.82, 2.24) is 5.43 Å². The summed E-state index contributed by atoms with van der Waals surface area (Å²) in [5, 5.41) is 3.88. The van der Waals surface area contributed by atoms with Crippen LogP contribution >= 0.6 is 0 Å². The summed E-state index contributed by atoms with van der Waals surface area (Å²) in [5.74, 6) is -0.691. The van der Waals surface area contributed by atoms with Gasteiger partial charge < -0.3 is 4.90 Å². The van der Waals surface area contributed by atoms with Crippen molar-refractivity contribution in [2.75, 3.05) is 18.0 Å².